The van der Waals surface area contributed by atoms with Gasteiger partial charge in [0.15, 0.2) is 0 Å². The van der Waals surface area contributed by atoms with Crippen LogP contribution < -0.4 is 11.3 Å². The monoisotopic (exact) mass is 280 g/mol. The zero-order valence-corrected chi connectivity index (χ0v) is 12.8. The fourth-order valence-corrected chi connectivity index (χ4v) is 4.04. The van der Waals surface area contributed by atoms with Gasteiger partial charge < -0.3 is 0 Å². The Kier molecular flexibility index (Phi) is 4.56. The molecule has 0 saturated carbocycles. The molecule has 2 aromatic heterocycles. The normalized spacial score (nSPS) is 12.9. The lowest BCUT2D eigenvalue weighted by Crippen LogP contribution is -2.28. The highest BCUT2D eigenvalue weighted by Gasteiger charge is 2.15. The minimum Gasteiger partial charge on any atom is -0.271 e. The summed E-state index contributed by atoms with van der Waals surface area (Å²) in [5, 5.41) is 0. The van der Waals surface area contributed by atoms with Crippen LogP contribution in [0.2, 0.25) is 0 Å². The molecule has 98 valence electrons. The summed E-state index contributed by atoms with van der Waals surface area (Å²) < 4.78 is 0. The Morgan fingerprint density at radius 3 is 2.44 bits per heavy atom. The zero-order chi connectivity index (χ0) is 13.1. The quantitative estimate of drug-likeness (QED) is 0.647. The SMILES string of the molecule is CCc1ccc(CC(NN)c2cc(C)c(C)s2)s1. The van der Waals surface area contributed by atoms with E-state index in [0.29, 0.717) is 0 Å². The van der Waals surface area contributed by atoms with Crippen LogP contribution in [-0.4, -0.2) is 0 Å². The summed E-state index contributed by atoms with van der Waals surface area (Å²) in [4.78, 5) is 5.56. The lowest BCUT2D eigenvalue weighted by molar-refractivity contribution is 0.564. The van der Waals surface area contributed by atoms with Crippen LogP contribution in [0.25, 0.3) is 0 Å². The van der Waals surface area contributed by atoms with Gasteiger partial charge in [-0.25, -0.2) is 0 Å². The molecule has 18 heavy (non-hydrogen) atoms. The summed E-state index contributed by atoms with van der Waals surface area (Å²) in [6, 6.07) is 6.92. The Morgan fingerprint density at radius 2 is 1.94 bits per heavy atom. The molecule has 0 saturated heterocycles. The molecule has 3 N–H and O–H groups in total. The number of nitrogens with two attached hydrogens (primary N) is 1. The highest BCUT2D eigenvalue weighted by atomic mass is 32.1. The Hall–Kier alpha value is -0.680. The van der Waals surface area contributed by atoms with E-state index in [0.717, 1.165) is 12.8 Å². The van der Waals surface area contributed by atoms with Gasteiger partial charge in [0.1, 0.15) is 0 Å². The number of aryl methyl sites for hydroxylation is 3. The van der Waals surface area contributed by atoms with Crippen molar-refractivity contribution >= 4 is 22.7 Å². The highest BCUT2D eigenvalue weighted by molar-refractivity contribution is 7.12. The van der Waals surface area contributed by atoms with Gasteiger partial charge in [0.05, 0.1) is 6.04 Å². The molecule has 0 aliphatic rings. The molecule has 2 nitrogen and oxygen atoms in total. The molecule has 0 aliphatic heterocycles. The van der Waals surface area contributed by atoms with Crippen molar-refractivity contribution in [3.8, 4) is 0 Å². The zero-order valence-electron chi connectivity index (χ0n) is 11.1. The van der Waals surface area contributed by atoms with Crippen LogP contribution in [0.15, 0.2) is 18.2 Å². The van der Waals surface area contributed by atoms with Crippen LogP contribution in [0.5, 0.6) is 0 Å². The van der Waals surface area contributed by atoms with E-state index in [4.69, 9.17) is 5.84 Å². The van der Waals surface area contributed by atoms with Gasteiger partial charge in [-0.2, -0.15) is 0 Å². The van der Waals surface area contributed by atoms with E-state index in [1.54, 1.807) is 0 Å². The minimum atomic E-state index is 0.228. The molecule has 0 aromatic carbocycles. The second-order valence-electron chi connectivity index (χ2n) is 4.53. The summed E-state index contributed by atoms with van der Waals surface area (Å²) in [6.07, 6.45) is 2.09. The number of hydrazine groups is 1. The Morgan fingerprint density at radius 1 is 1.22 bits per heavy atom. The average molecular weight is 280 g/mol. The van der Waals surface area contributed by atoms with Crippen molar-refractivity contribution in [3.05, 3.63) is 43.3 Å². The van der Waals surface area contributed by atoms with Crippen molar-refractivity contribution in [1.29, 1.82) is 0 Å². The Bertz CT molecular complexity index is 494. The maximum atomic E-state index is 5.71. The summed E-state index contributed by atoms with van der Waals surface area (Å²) in [7, 11) is 0. The van der Waals surface area contributed by atoms with Crippen LogP contribution in [0.1, 0.15) is 38.0 Å². The number of hydrogen-bond donors (Lipinski definition) is 2. The molecular weight excluding hydrogens is 260 g/mol. The summed E-state index contributed by atoms with van der Waals surface area (Å²) in [5.74, 6) is 5.71. The molecule has 4 heteroatoms. The maximum Gasteiger partial charge on any atom is 0.0601 e. The van der Waals surface area contributed by atoms with Crippen LogP contribution in [0.3, 0.4) is 0 Å². The van der Waals surface area contributed by atoms with Gasteiger partial charge in [0, 0.05) is 25.9 Å². The first-order chi connectivity index (χ1) is 8.63. The first kappa shape index (κ1) is 13.7. The summed E-state index contributed by atoms with van der Waals surface area (Å²) >= 11 is 3.73. The van der Waals surface area contributed by atoms with Gasteiger partial charge in [-0.05, 0) is 44.0 Å². The first-order valence-corrected chi connectivity index (χ1v) is 7.88. The lowest BCUT2D eigenvalue weighted by Gasteiger charge is -2.12. The van der Waals surface area contributed by atoms with E-state index < -0.39 is 0 Å². The van der Waals surface area contributed by atoms with E-state index >= 15 is 0 Å². The third-order valence-electron chi connectivity index (χ3n) is 3.20. The average Bonchev–Trinajstić information content (AvgIpc) is 2.94. The summed E-state index contributed by atoms with van der Waals surface area (Å²) in [5.41, 5.74) is 4.31. The van der Waals surface area contributed by atoms with Crippen molar-refractivity contribution in [2.45, 2.75) is 39.7 Å². The van der Waals surface area contributed by atoms with Crippen molar-refractivity contribution in [2.75, 3.05) is 0 Å². The van der Waals surface area contributed by atoms with Crippen LogP contribution in [-0.2, 0) is 12.8 Å². The number of hydrogen-bond acceptors (Lipinski definition) is 4. The topological polar surface area (TPSA) is 38.0 Å². The smallest absolute Gasteiger partial charge is 0.0601 e. The molecule has 0 aliphatic carbocycles. The van der Waals surface area contributed by atoms with E-state index in [-0.39, 0.29) is 6.04 Å². The van der Waals surface area contributed by atoms with Crippen LogP contribution in [0.4, 0.5) is 0 Å². The standard InChI is InChI=1S/C14H20N2S2/c1-4-11-5-6-12(18-11)8-13(16-15)14-7-9(2)10(3)17-14/h5-7,13,16H,4,8,15H2,1-3H3. The maximum absolute atomic E-state index is 5.71. The lowest BCUT2D eigenvalue weighted by atomic mass is 10.1. The van der Waals surface area contributed by atoms with Crippen molar-refractivity contribution in [3.63, 3.8) is 0 Å². The number of nitrogens with one attached hydrogen (secondary N) is 1. The third kappa shape index (κ3) is 3.01. The molecule has 0 bridgehead atoms. The molecule has 2 heterocycles. The van der Waals surface area contributed by atoms with Crippen molar-refractivity contribution < 1.29 is 0 Å². The third-order valence-corrected chi connectivity index (χ3v) is 5.72. The Labute approximate surface area is 117 Å². The number of rotatable bonds is 5. The van der Waals surface area contributed by atoms with E-state index in [1.165, 1.54) is 25.1 Å². The van der Waals surface area contributed by atoms with Gasteiger partial charge in [-0.1, -0.05) is 6.92 Å². The molecule has 0 spiro atoms. The van der Waals surface area contributed by atoms with Crippen molar-refractivity contribution in [1.82, 2.24) is 5.43 Å². The second kappa shape index (κ2) is 5.97. The molecule has 0 fully saturated rings. The van der Waals surface area contributed by atoms with Gasteiger partial charge in [0.25, 0.3) is 0 Å². The van der Waals surface area contributed by atoms with Gasteiger partial charge >= 0.3 is 0 Å². The van der Waals surface area contributed by atoms with Crippen molar-refractivity contribution in [2.24, 2.45) is 5.84 Å². The van der Waals surface area contributed by atoms with Gasteiger partial charge in [-0.3, -0.25) is 11.3 Å². The second-order valence-corrected chi connectivity index (χ2v) is 7.07. The van der Waals surface area contributed by atoms with Crippen LogP contribution in [0, 0.1) is 13.8 Å². The van der Waals surface area contributed by atoms with E-state index in [1.807, 2.05) is 22.7 Å². The molecule has 1 unspecified atom stereocenters. The molecule has 1 atom stereocenters. The fraction of sp³-hybridized carbons (Fsp3) is 0.429. The van der Waals surface area contributed by atoms with Gasteiger partial charge in [0.2, 0.25) is 0 Å². The first-order valence-electron chi connectivity index (χ1n) is 6.24. The van der Waals surface area contributed by atoms with Crippen LogP contribution >= 0.6 is 22.7 Å². The molecule has 0 amide bonds. The largest absolute Gasteiger partial charge is 0.271 e. The highest BCUT2D eigenvalue weighted by Crippen LogP contribution is 2.30. The molecule has 2 rings (SSSR count). The number of thiophene rings is 2. The van der Waals surface area contributed by atoms with E-state index in [9.17, 15) is 0 Å². The summed E-state index contributed by atoms with van der Waals surface area (Å²) in [6.45, 7) is 6.51. The Balaban J connectivity index is 2.14. The molecule has 0 radical (unpaired) electrons. The van der Waals surface area contributed by atoms with E-state index in [2.05, 4.69) is 44.4 Å². The molecular formula is C14H20N2S2. The van der Waals surface area contributed by atoms with Gasteiger partial charge in [-0.15, -0.1) is 22.7 Å². The minimum absolute atomic E-state index is 0.228. The predicted octanol–water partition coefficient (Wildman–Crippen LogP) is 3.74. The fourth-order valence-electron chi connectivity index (χ4n) is 1.94. The molecule has 2 aromatic rings. The predicted molar refractivity (Wildman–Crippen MR) is 81.3 cm³/mol.